The molecular weight excluding hydrogens is 342 g/mol. The Kier molecular flexibility index (Phi) is 4.84. The summed E-state index contributed by atoms with van der Waals surface area (Å²) >= 11 is 0. The molecule has 3 unspecified atom stereocenters. The van der Waals surface area contributed by atoms with E-state index in [1.165, 1.54) is 5.56 Å². The molecule has 3 atom stereocenters. The van der Waals surface area contributed by atoms with Crippen LogP contribution in [0.4, 0.5) is 0 Å². The molecule has 0 saturated heterocycles. The van der Waals surface area contributed by atoms with Gasteiger partial charge in [-0.3, -0.25) is 4.79 Å². The van der Waals surface area contributed by atoms with Gasteiger partial charge < -0.3 is 14.7 Å². The van der Waals surface area contributed by atoms with Crippen molar-refractivity contribution in [2.75, 3.05) is 6.61 Å². The molecule has 0 amide bonds. The second kappa shape index (κ2) is 7.43. The SMILES string of the molecule is CC1ON=C(c2ccccc2)C1COc1ccc2c(c1)CCC2CC(=O)O. The van der Waals surface area contributed by atoms with Crippen molar-refractivity contribution in [2.24, 2.45) is 11.1 Å². The van der Waals surface area contributed by atoms with E-state index in [4.69, 9.17) is 14.7 Å². The molecular formula is C22H23NO4. The van der Waals surface area contributed by atoms with Crippen molar-refractivity contribution in [2.45, 2.75) is 38.2 Å². The Hall–Kier alpha value is -2.82. The van der Waals surface area contributed by atoms with Crippen molar-refractivity contribution in [3.8, 4) is 5.75 Å². The molecule has 1 heterocycles. The van der Waals surface area contributed by atoms with Gasteiger partial charge in [-0.25, -0.2) is 0 Å². The molecule has 1 N–H and O–H groups in total. The zero-order chi connectivity index (χ0) is 18.8. The highest BCUT2D eigenvalue weighted by Crippen LogP contribution is 2.37. The molecule has 27 heavy (non-hydrogen) atoms. The van der Waals surface area contributed by atoms with Crippen LogP contribution in [0.25, 0.3) is 0 Å². The minimum absolute atomic E-state index is 0.0328. The molecule has 140 valence electrons. The summed E-state index contributed by atoms with van der Waals surface area (Å²) in [5.41, 5.74) is 4.33. The Morgan fingerprint density at radius 1 is 1.26 bits per heavy atom. The maximum atomic E-state index is 11.0. The highest BCUT2D eigenvalue weighted by molar-refractivity contribution is 6.03. The van der Waals surface area contributed by atoms with Crippen LogP contribution in [0.2, 0.25) is 0 Å². The van der Waals surface area contributed by atoms with Gasteiger partial charge in [-0.2, -0.15) is 0 Å². The number of carboxylic acids is 1. The second-order valence-electron chi connectivity index (χ2n) is 7.26. The number of ether oxygens (including phenoxy) is 1. The minimum atomic E-state index is -0.740. The molecule has 5 heteroatoms. The largest absolute Gasteiger partial charge is 0.493 e. The second-order valence-corrected chi connectivity index (χ2v) is 7.26. The molecule has 0 spiro atoms. The average molecular weight is 365 g/mol. The van der Waals surface area contributed by atoms with Crippen LogP contribution in [-0.4, -0.2) is 29.5 Å². The molecule has 2 aromatic carbocycles. The quantitative estimate of drug-likeness (QED) is 0.840. The number of benzene rings is 2. The zero-order valence-corrected chi connectivity index (χ0v) is 15.3. The normalized spacial score (nSPS) is 23.4. The smallest absolute Gasteiger partial charge is 0.303 e. The number of fused-ring (bicyclic) bond motifs is 1. The Morgan fingerprint density at radius 3 is 2.85 bits per heavy atom. The van der Waals surface area contributed by atoms with E-state index in [2.05, 4.69) is 11.2 Å². The van der Waals surface area contributed by atoms with E-state index in [1.807, 2.05) is 49.4 Å². The Labute approximate surface area is 158 Å². The fourth-order valence-electron chi connectivity index (χ4n) is 3.97. The van der Waals surface area contributed by atoms with Gasteiger partial charge in [0.25, 0.3) is 0 Å². The summed E-state index contributed by atoms with van der Waals surface area (Å²) in [7, 11) is 0. The van der Waals surface area contributed by atoms with Crippen molar-refractivity contribution in [1.29, 1.82) is 0 Å². The molecule has 2 aromatic rings. The molecule has 0 aromatic heterocycles. The lowest BCUT2D eigenvalue weighted by molar-refractivity contribution is -0.137. The average Bonchev–Trinajstić information content (AvgIpc) is 3.23. The zero-order valence-electron chi connectivity index (χ0n) is 15.3. The lowest BCUT2D eigenvalue weighted by atomic mass is 9.94. The third kappa shape index (κ3) is 3.68. The van der Waals surface area contributed by atoms with Gasteiger partial charge in [-0.15, -0.1) is 0 Å². The first kappa shape index (κ1) is 17.6. The van der Waals surface area contributed by atoms with E-state index < -0.39 is 5.97 Å². The standard InChI is InChI=1S/C22H23NO4/c1-14-20(22(23-27-14)15-5-3-2-4-6-15)13-26-18-9-10-19-16(11-18)7-8-17(19)12-21(24)25/h2-6,9-11,14,17,20H,7-8,12-13H2,1H3,(H,24,25). The number of nitrogens with zero attached hydrogens (tertiary/aromatic N) is 1. The maximum absolute atomic E-state index is 11.0. The van der Waals surface area contributed by atoms with Gasteiger partial charge in [0.15, 0.2) is 0 Å². The third-order valence-corrected chi connectivity index (χ3v) is 5.47. The number of carbonyl (C=O) groups is 1. The summed E-state index contributed by atoms with van der Waals surface area (Å²) < 4.78 is 6.08. The Balaban J connectivity index is 1.44. The molecule has 0 radical (unpaired) electrons. The summed E-state index contributed by atoms with van der Waals surface area (Å²) in [6.45, 7) is 2.50. The number of aliphatic carboxylic acids is 1. The summed E-state index contributed by atoms with van der Waals surface area (Å²) in [6.07, 6.45) is 1.96. The first-order valence-corrected chi connectivity index (χ1v) is 9.38. The minimum Gasteiger partial charge on any atom is -0.493 e. The highest BCUT2D eigenvalue weighted by atomic mass is 16.6. The van der Waals surface area contributed by atoms with Gasteiger partial charge in [0.05, 0.1) is 18.1 Å². The van der Waals surface area contributed by atoms with Crippen molar-refractivity contribution in [3.05, 3.63) is 65.2 Å². The lowest BCUT2D eigenvalue weighted by Gasteiger charge is -2.17. The molecule has 0 bridgehead atoms. The Morgan fingerprint density at radius 2 is 2.07 bits per heavy atom. The van der Waals surface area contributed by atoms with Crippen LogP contribution in [0.15, 0.2) is 53.7 Å². The summed E-state index contributed by atoms with van der Waals surface area (Å²) in [4.78, 5) is 16.5. The van der Waals surface area contributed by atoms with Crippen molar-refractivity contribution < 1.29 is 19.5 Å². The van der Waals surface area contributed by atoms with E-state index in [9.17, 15) is 4.79 Å². The number of oxime groups is 1. The van der Waals surface area contributed by atoms with E-state index >= 15 is 0 Å². The molecule has 1 aliphatic carbocycles. The van der Waals surface area contributed by atoms with Gasteiger partial charge in [0.1, 0.15) is 18.5 Å². The number of aryl methyl sites for hydroxylation is 1. The van der Waals surface area contributed by atoms with Crippen LogP contribution in [0.1, 0.15) is 42.4 Å². The van der Waals surface area contributed by atoms with Crippen LogP contribution >= 0.6 is 0 Å². The molecule has 0 saturated carbocycles. The van der Waals surface area contributed by atoms with Crippen LogP contribution < -0.4 is 4.74 Å². The van der Waals surface area contributed by atoms with E-state index in [-0.39, 0.29) is 24.4 Å². The maximum Gasteiger partial charge on any atom is 0.303 e. The predicted octanol–water partition coefficient (Wildman–Crippen LogP) is 4.01. The van der Waals surface area contributed by atoms with E-state index in [0.29, 0.717) is 6.61 Å². The van der Waals surface area contributed by atoms with E-state index in [0.717, 1.165) is 35.4 Å². The first-order valence-electron chi connectivity index (χ1n) is 9.38. The third-order valence-electron chi connectivity index (χ3n) is 5.47. The molecule has 0 fully saturated rings. The predicted molar refractivity (Wildman–Crippen MR) is 102 cm³/mol. The molecule has 2 aliphatic rings. The van der Waals surface area contributed by atoms with Crippen molar-refractivity contribution >= 4 is 11.7 Å². The van der Waals surface area contributed by atoms with Gasteiger partial charge in [0, 0.05) is 0 Å². The van der Waals surface area contributed by atoms with Crippen LogP contribution in [0, 0.1) is 5.92 Å². The highest BCUT2D eigenvalue weighted by Gasteiger charge is 2.32. The monoisotopic (exact) mass is 365 g/mol. The number of hydrogen-bond donors (Lipinski definition) is 1. The van der Waals surface area contributed by atoms with Gasteiger partial charge in [-0.1, -0.05) is 41.6 Å². The Bertz CT molecular complexity index is 862. The number of hydrogen-bond acceptors (Lipinski definition) is 4. The number of rotatable bonds is 6. The van der Waals surface area contributed by atoms with Gasteiger partial charge >= 0.3 is 5.97 Å². The summed E-state index contributed by atoms with van der Waals surface area (Å²) in [5.74, 6) is 0.263. The van der Waals surface area contributed by atoms with Crippen molar-refractivity contribution in [3.63, 3.8) is 0 Å². The first-order chi connectivity index (χ1) is 13.1. The summed E-state index contributed by atoms with van der Waals surface area (Å²) in [6, 6.07) is 16.1. The van der Waals surface area contributed by atoms with Gasteiger partial charge in [-0.05, 0) is 54.5 Å². The van der Waals surface area contributed by atoms with Crippen LogP contribution in [0.5, 0.6) is 5.75 Å². The van der Waals surface area contributed by atoms with Crippen LogP contribution in [0.3, 0.4) is 0 Å². The van der Waals surface area contributed by atoms with Crippen molar-refractivity contribution in [1.82, 2.24) is 0 Å². The summed E-state index contributed by atoms with van der Waals surface area (Å²) in [5, 5.41) is 13.3. The van der Waals surface area contributed by atoms with Gasteiger partial charge in [0.2, 0.25) is 0 Å². The van der Waals surface area contributed by atoms with Crippen LogP contribution in [-0.2, 0) is 16.1 Å². The fraction of sp³-hybridized carbons (Fsp3) is 0.364. The molecule has 1 aliphatic heterocycles. The topological polar surface area (TPSA) is 68.1 Å². The lowest BCUT2D eigenvalue weighted by Crippen LogP contribution is -2.27. The molecule has 5 nitrogen and oxygen atoms in total. The number of carboxylic acid groups (broad SMARTS) is 1. The molecule has 4 rings (SSSR count). The van der Waals surface area contributed by atoms with E-state index in [1.54, 1.807) is 0 Å². The fourth-order valence-corrected chi connectivity index (χ4v) is 3.97.